The van der Waals surface area contributed by atoms with E-state index in [1.54, 1.807) is 36.0 Å². The van der Waals surface area contributed by atoms with Crippen LogP contribution >= 0.6 is 11.6 Å². The predicted octanol–water partition coefficient (Wildman–Crippen LogP) is 6.02. The number of guanidine groups is 1. The number of nitriles is 1. The Bertz CT molecular complexity index is 1320. The van der Waals surface area contributed by atoms with Crippen molar-refractivity contribution in [3.8, 4) is 17.7 Å². The number of nitrogens with zero attached hydrogens (tertiary/aromatic N) is 5. The first-order chi connectivity index (χ1) is 17.7. The van der Waals surface area contributed by atoms with E-state index in [-0.39, 0.29) is 29.3 Å². The highest BCUT2D eigenvalue weighted by atomic mass is 35.5. The van der Waals surface area contributed by atoms with Gasteiger partial charge in [-0.25, -0.2) is 19.2 Å². The highest BCUT2D eigenvalue weighted by molar-refractivity contribution is 6.30. The number of ether oxygens (including phenoxy) is 1. The molecule has 2 aromatic carbocycles. The largest absolute Gasteiger partial charge is 0.436 e. The Morgan fingerprint density at radius 2 is 1.97 bits per heavy atom. The third-order valence-electron chi connectivity index (χ3n) is 5.43. The van der Waals surface area contributed by atoms with Gasteiger partial charge in [-0.15, -0.1) is 0 Å². The van der Waals surface area contributed by atoms with Gasteiger partial charge in [0.1, 0.15) is 6.07 Å². The molecule has 0 aliphatic rings. The second-order valence-electron chi connectivity index (χ2n) is 8.43. The van der Waals surface area contributed by atoms with E-state index in [0.29, 0.717) is 23.7 Å². The van der Waals surface area contributed by atoms with Crippen molar-refractivity contribution in [3.63, 3.8) is 0 Å². The lowest BCUT2D eigenvalue weighted by Crippen LogP contribution is -2.47. The number of halogens is 2. The summed E-state index contributed by atoms with van der Waals surface area (Å²) in [4.78, 5) is 24.6. The van der Waals surface area contributed by atoms with Crippen molar-refractivity contribution in [2.45, 2.75) is 26.8 Å². The number of aromatic nitrogens is 1. The number of carbonyl (C=O) groups is 1. The van der Waals surface area contributed by atoms with Crippen molar-refractivity contribution in [1.82, 2.24) is 20.1 Å². The number of hydrogen-bond donors (Lipinski definition) is 1. The average Bonchev–Trinajstić information content (AvgIpc) is 2.87. The zero-order valence-electron chi connectivity index (χ0n) is 21.1. The molecule has 1 heterocycles. The zero-order chi connectivity index (χ0) is 26.9. The summed E-state index contributed by atoms with van der Waals surface area (Å²) in [6, 6.07) is 14.5. The third kappa shape index (κ3) is 7.66. The number of urea groups is 1. The predicted molar refractivity (Wildman–Crippen MR) is 142 cm³/mol. The Balaban J connectivity index is 1.86. The van der Waals surface area contributed by atoms with Gasteiger partial charge in [0.2, 0.25) is 11.8 Å². The molecule has 37 heavy (non-hydrogen) atoms. The minimum atomic E-state index is -0.655. The van der Waals surface area contributed by atoms with E-state index >= 15 is 0 Å². The van der Waals surface area contributed by atoms with Gasteiger partial charge < -0.3 is 14.5 Å². The summed E-state index contributed by atoms with van der Waals surface area (Å²) in [6.07, 6.45) is 2.14. The summed E-state index contributed by atoms with van der Waals surface area (Å²) in [5.41, 5.74) is 2.65. The maximum Gasteiger partial charge on any atom is 0.323 e. The molecule has 3 rings (SSSR count). The molecule has 0 saturated carbocycles. The number of benzene rings is 2. The molecule has 0 aliphatic heterocycles. The fourth-order valence-electron chi connectivity index (χ4n) is 3.39. The van der Waals surface area contributed by atoms with Crippen molar-refractivity contribution in [3.05, 3.63) is 82.3 Å². The molecule has 192 valence electrons. The first kappa shape index (κ1) is 27.4. The Kier molecular flexibility index (Phi) is 9.41. The average molecular weight is 523 g/mol. The molecule has 0 radical (unpaired) electrons. The molecule has 0 unspecified atom stereocenters. The summed E-state index contributed by atoms with van der Waals surface area (Å²) in [5.74, 6) is -0.296. The number of carbonyl (C=O) groups excluding carboxylic acids is 1. The van der Waals surface area contributed by atoms with Gasteiger partial charge in [0, 0.05) is 50.5 Å². The SMILES string of the molecule is CCCN(C)C(=O)NC(=Nc1ccc(Oc2ccc(C#N)cn2)c(F)c1)N(C)Cc1ccc(Cl)cc1C. The molecule has 0 bridgehead atoms. The van der Waals surface area contributed by atoms with E-state index < -0.39 is 5.82 Å². The van der Waals surface area contributed by atoms with E-state index in [9.17, 15) is 9.18 Å². The fourth-order valence-corrected chi connectivity index (χ4v) is 3.61. The van der Waals surface area contributed by atoms with Crippen molar-refractivity contribution < 1.29 is 13.9 Å². The Labute approximate surface area is 221 Å². The molecule has 0 spiro atoms. The summed E-state index contributed by atoms with van der Waals surface area (Å²) < 4.78 is 20.4. The van der Waals surface area contributed by atoms with Gasteiger partial charge in [-0.05, 0) is 54.8 Å². The van der Waals surface area contributed by atoms with Crippen LogP contribution in [0.3, 0.4) is 0 Å². The number of aliphatic imine (C=N–C) groups is 1. The van der Waals surface area contributed by atoms with Gasteiger partial charge in [-0.3, -0.25) is 5.32 Å². The van der Waals surface area contributed by atoms with Crippen LogP contribution in [0.25, 0.3) is 0 Å². The van der Waals surface area contributed by atoms with E-state index in [1.165, 1.54) is 30.5 Å². The summed E-state index contributed by atoms with van der Waals surface area (Å²) in [5, 5.41) is 12.4. The molecular formula is C27H28ClFN6O2. The van der Waals surface area contributed by atoms with Crippen LogP contribution in [0.4, 0.5) is 14.9 Å². The van der Waals surface area contributed by atoms with Crippen LogP contribution in [-0.4, -0.2) is 47.4 Å². The van der Waals surface area contributed by atoms with E-state index in [4.69, 9.17) is 21.6 Å². The topological polar surface area (TPSA) is 93.8 Å². The molecule has 8 nitrogen and oxygen atoms in total. The molecule has 0 fully saturated rings. The van der Waals surface area contributed by atoms with Gasteiger partial charge in [0.05, 0.1) is 11.3 Å². The highest BCUT2D eigenvalue weighted by Crippen LogP contribution is 2.27. The van der Waals surface area contributed by atoms with Gasteiger partial charge in [-0.1, -0.05) is 24.6 Å². The first-order valence-corrected chi connectivity index (χ1v) is 12.0. The van der Waals surface area contributed by atoms with Gasteiger partial charge in [0.25, 0.3) is 0 Å². The molecule has 2 amide bonds. The zero-order valence-corrected chi connectivity index (χ0v) is 21.9. The summed E-state index contributed by atoms with van der Waals surface area (Å²) in [6.45, 7) is 4.95. The van der Waals surface area contributed by atoms with Crippen molar-refractivity contribution in [2.75, 3.05) is 20.6 Å². The normalized spacial score (nSPS) is 11.0. The quantitative estimate of drug-likeness (QED) is 0.302. The lowest BCUT2D eigenvalue weighted by Gasteiger charge is -2.25. The maximum absolute atomic E-state index is 14.9. The number of rotatable bonds is 7. The van der Waals surface area contributed by atoms with Crippen molar-refractivity contribution in [1.29, 1.82) is 5.26 Å². The minimum absolute atomic E-state index is 0.0467. The number of pyridine rings is 1. The fraction of sp³-hybridized carbons (Fsp3) is 0.259. The molecule has 0 atom stereocenters. The first-order valence-electron chi connectivity index (χ1n) is 11.6. The molecular weight excluding hydrogens is 495 g/mol. The van der Waals surface area contributed by atoms with Crippen LogP contribution in [0.1, 0.15) is 30.0 Å². The Morgan fingerprint density at radius 3 is 2.59 bits per heavy atom. The van der Waals surface area contributed by atoms with E-state index in [2.05, 4.69) is 15.3 Å². The minimum Gasteiger partial charge on any atom is -0.436 e. The third-order valence-corrected chi connectivity index (χ3v) is 5.66. The molecule has 0 aliphatic carbocycles. The Hall–Kier alpha value is -4.16. The molecule has 3 aromatic rings. The second-order valence-corrected chi connectivity index (χ2v) is 8.86. The van der Waals surface area contributed by atoms with E-state index in [0.717, 1.165) is 17.5 Å². The van der Waals surface area contributed by atoms with Gasteiger partial charge in [-0.2, -0.15) is 5.26 Å². The van der Waals surface area contributed by atoms with Crippen LogP contribution in [0.15, 0.2) is 59.7 Å². The van der Waals surface area contributed by atoms with Crippen molar-refractivity contribution >= 4 is 29.3 Å². The molecule has 1 N–H and O–H groups in total. The van der Waals surface area contributed by atoms with Crippen LogP contribution in [0.2, 0.25) is 5.02 Å². The second kappa shape index (κ2) is 12.7. The number of hydrogen-bond acceptors (Lipinski definition) is 5. The number of nitrogens with one attached hydrogen (secondary N) is 1. The van der Waals surface area contributed by atoms with Crippen molar-refractivity contribution in [2.24, 2.45) is 4.99 Å². The number of aryl methyl sites for hydroxylation is 1. The maximum atomic E-state index is 14.9. The smallest absolute Gasteiger partial charge is 0.323 e. The highest BCUT2D eigenvalue weighted by Gasteiger charge is 2.16. The van der Waals surface area contributed by atoms with Gasteiger partial charge in [0.15, 0.2) is 11.6 Å². The number of amides is 2. The van der Waals surface area contributed by atoms with Crippen LogP contribution in [-0.2, 0) is 6.54 Å². The van der Waals surface area contributed by atoms with Crippen LogP contribution in [0.5, 0.6) is 11.6 Å². The van der Waals surface area contributed by atoms with Crippen LogP contribution in [0, 0.1) is 24.1 Å². The standard InChI is InChI=1S/C27H28ClFN6O2/c1-5-12-34(3)27(36)33-26(35(4)17-20-7-8-21(28)13-18(20)2)32-22-9-10-24(23(29)14-22)37-25-11-6-19(15-30)16-31-25/h6-11,13-14,16H,5,12,17H2,1-4H3,(H,32,33,36). The molecule has 0 saturated heterocycles. The van der Waals surface area contributed by atoms with E-state index in [1.807, 2.05) is 32.0 Å². The molecule has 1 aromatic heterocycles. The Morgan fingerprint density at radius 1 is 1.19 bits per heavy atom. The lowest BCUT2D eigenvalue weighted by molar-refractivity contribution is 0.212. The van der Waals surface area contributed by atoms with Gasteiger partial charge >= 0.3 is 6.03 Å². The molecule has 10 heteroatoms. The monoisotopic (exact) mass is 522 g/mol. The van der Waals surface area contributed by atoms with Crippen LogP contribution < -0.4 is 10.1 Å². The summed E-state index contributed by atoms with van der Waals surface area (Å²) in [7, 11) is 3.49. The summed E-state index contributed by atoms with van der Waals surface area (Å²) >= 11 is 6.09. The lowest BCUT2D eigenvalue weighted by atomic mass is 10.1.